The molecule has 5 nitrogen and oxygen atoms in total. The van der Waals surface area contributed by atoms with Crippen molar-refractivity contribution in [1.29, 1.82) is 0 Å². The summed E-state index contributed by atoms with van der Waals surface area (Å²) in [5.74, 6) is -1.59. The maximum atomic E-state index is 13.5. The molecule has 0 spiro atoms. The van der Waals surface area contributed by atoms with E-state index in [1.54, 1.807) is 24.3 Å². The Morgan fingerprint density at radius 2 is 1.64 bits per heavy atom. The summed E-state index contributed by atoms with van der Waals surface area (Å²) in [6, 6.07) is 20.1. The van der Waals surface area contributed by atoms with Crippen LogP contribution in [0, 0.1) is 13.8 Å². The van der Waals surface area contributed by atoms with Crippen molar-refractivity contribution in [3.8, 4) is 0 Å². The van der Waals surface area contributed by atoms with E-state index in [4.69, 9.17) is 4.98 Å². The zero-order valence-corrected chi connectivity index (χ0v) is 21.8. The van der Waals surface area contributed by atoms with E-state index in [9.17, 15) is 14.7 Å². The monoisotopic (exact) mass is 496 g/mol. The van der Waals surface area contributed by atoms with Crippen molar-refractivity contribution in [2.75, 3.05) is 4.90 Å². The Labute approximate surface area is 214 Å². The number of aryl methyl sites for hydroxylation is 2. The number of hydrogen-bond acceptors (Lipinski definition) is 5. The molecule has 4 aromatic rings. The molecule has 182 valence electrons. The fourth-order valence-electron chi connectivity index (χ4n) is 4.72. The van der Waals surface area contributed by atoms with Crippen molar-refractivity contribution in [2.45, 2.75) is 46.1 Å². The first-order valence-electron chi connectivity index (χ1n) is 11.9. The number of thiazole rings is 1. The molecule has 0 unspecified atom stereocenters. The van der Waals surface area contributed by atoms with E-state index >= 15 is 0 Å². The van der Waals surface area contributed by atoms with Gasteiger partial charge in [-0.2, -0.15) is 0 Å². The maximum Gasteiger partial charge on any atom is 0.301 e. The molecule has 1 aliphatic heterocycles. The summed E-state index contributed by atoms with van der Waals surface area (Å²) >= 11 is 1.38. The lowest BCUT2D eigenvalue weighted by molar-refractivity contribution is -0.132. The molecule has 5 rings (SSSR count). The van der Waals surface area contributed by atoms with Gasteiger partial charge in [-0.25, -0.2) is 4.98 Å². The van der Waals surface area contributed by atoms with Crippen molar-refractivity contribution in [3.05, 3.63) is 100 Å². The fourth-order valence-corrected chi connectivity index (χ4v) is 5.89. The number of aromatic nitrogens is 1. The Kier molecular flexibility index (Phi) is 5.80. The molecule has 1 saturated heterocycles. The van der Waals surface area contributed by atoms with Gasteiger partial charge in [0.25, 0.3) is 5.78 Å². The summed E-state index contributed by atoms with van der Waals surface area (Å²) in [6.07, 6.45) is 0. The molecular formula is C30H28N2O3S. The van der Waals surface area contributed by atoms with E-state index in [2.05, 4.69) is 26.8 Å². The molecule has 1 N–H and O–H groups in total. The van der Waals surface area contributed by atoms with Crippen LogP contribution in [0.5, 0.6) is 0 Å². The number of carbonyl (C=O) groups excluding carboxylic acids is 2. The Bertz CT molecular complexity index is 1530. The van der Waals surface area contributed by atoms with E-state index in [1.165, 1.54) is 16.2 Å². The first-order valence-corrected chi connectivity index (χ1v) is 12.7. The third kappa shape index (κ3) is 4.01. The molecule has 1 aromatic heterocycles. The zero-order valence-electron chi connectivity index (χ0n) is 21.0. The van der Waals surface area contributed by atoms with Gasteiger partial charge < -0.3 is 5.11 Å². The number of hydrogen-bond donors (Lipinski definition) is 1. The number of ketones is 1. The first kappa shape index (κ1) is 23.9. The molecule has 0 saturated carbocycles. The van der Waals surface area contributed by atoms with Crippen LogP contribution in [-0.2, 0) is 15.0 Å². The van der Waals surface area contributed by atoms with Crippen molar-refractivity contribution in [3.63, 3.8) is 0 Å². The predicted molar refractivity (Wildman–Crippen MR) is 145 cm³/mol. The summed E-state index contributed by atoms with van der Waals surface area (Å²) in [5, 5.41) is 11.7. The lowest BCUT2D eigenvalue weighted by atomic mass is 9.85. The second kappa shape index (κ2) is 8.71. The van der Waals surface area contributed by atoms with Crippen molar-refractivity contribution in [1.82, 2.24) is 4.98 Å². The average Bonchev–Trinajstić information content (AvgIpc) is 3.37. The lowest BCUT2D eigenvalue weighted by Crippen LogP contribution is -2.29. The van der Waals surface area contributed by atoms with Gasteiger partial charge >= 0.3 is 5.91 Å². The van der Waals surface area contributed by atoms with Crippen LogP contribution in [0.25, 0.3) is 16.0 Å². The number of aliphatic hydroxyl groups is 1. The highest BCUT2D eigenvalue weighted by atomic mass is 32.1. The molecule has 36 heavy (non-hydrogen) atoms. The smallest absolute Gasteiger partial charge is 0.301 e. The lowest BCUT2D eigenvalue weighted by Gasteiger charge is -2.24. The van der Waals surface area contributed by atoms with Gasteiger partial charge in [-0.15, -0.1) is 0 Å². The quantitative estimate of drug-likeness (QED) is 0.192. The van der Waals surface area contributed by atoms with Crippen LogP contribution >= 0.6 is 11.3 Å². The minimum atomic E-state index is -0.791. The van der Waals surface area contributed by atoms with Gasteiger partial charge in [-0.05, 0) is 47.6 Å². The SMILES string of the molecule is Cc1cc(C)c2nc(N3C(=O)C(=O)C(=C(O)c4ccccc4)[C@@H]3c3ccc(C(C)(C)C)cc3)sc2c1. The van der Waals surface area contributed by atoms with Crippen LogP contribution in [0.4, 0.5) is 5.13 Å². The first-order chi connectivity index (χ1) is 17.1. The number of benzene rings is 3. The molecule has 1 aliphatic rings. The number of nitrogens with zero attached hydrogens (tertiary/aromatic N) is 2. The molecule has 1 atom stereocenters. The fraction of sp³-hybridized carbons (Fsp3) is 0.233. The Balaban J connectivity index is 1.73. The summed E-state index contributed by atoms with van der Waals surface area (Å²) in [6.45, 7) is 10.4. The van der Waals surface area contributed by atoms with E-state index in [0.717, 1.165) is 32.5 Å². The Morgan fingerprint density at radius 3 is 2.28 bits per heavy atom. The number of anilines is 1. The van der Waals surface area contributed by atoms with Gasteiger partial charge in [0.15, 0.2) is 5.13 Å². The number of Topliss-reactive ketones (excluding diaryl/α,β-unsaturated/α-hetero) is 1. The second-order valence-corrected chi connectivity index (χ2v) is 11.3. The zero-order chi connectivity index (χ0) is 25.8. The molecule has 1 amide bonds. The largest absolute Gasteiger partial charge is 0.507 e. The predicted octanol–water partition coefficient (Wildman–Crippen LogP) is 6.84. The van der Waals surface area contributed by atoms with Gasteiger partial charge in [-0.1, -0.05) is 92.8 Å². The topological polar surface area (TPSA) is 70.5 Å². The third-order valence-electron chi connectivity index (χ3n) is 6.61. The van der Waals surface area contributed by atoms with Gasteiger partial charge in [0.1, 0.15) is 5.76 Å². The highest BCUT2D eigenvalue weighted by Gasteiger charge is 2.48. The summed E-state index contributed by atoms with van der Waals surface area (Å²) in [5.41, 5.74) is 5.32. The van der Waals surface area contributed by atoms with Crippen LogP contribution in [0.3, 0.4) is 0 Å². The highest BCUT2D eigenvalue weighted by Crippen LogP contribution is 2.45. The van der Waals surface area contributed by atoms with Crippen molar-refractivity contribution >= 4 is 44.1 Å². The summed E-state index contributed by atoms with van der Waals surface area (Å²) < 4.78 is 0.953. The van der Waals surface area contributed by atoms with Gasteiger partial charge in [0, 0.05) is 5.56 Å². The summed E-state index contributed by atoms with van der Waals surface area (Å²) in [4.78, 5) is 33.1. The molecular weight excluding hydrogens is 468 g/mol. The van der Waals surface area contributed by atoms with Gasteiger partial charge in [-0.3, -0.25) is 14.5 Å². The van der Waals surface area contributed by atoms with Crippen LogP contribution in [0.1, 0.15) is 54.6 Å². The Morgan fingerprint density at radius 1 is 0.972 bits per heavy atom. The summed E-state index contributed by atoms with van der Waals surface area (Å²) in [7, 11) is 0. The highest BCUT2D eigenvalue weighted by molar-refractivity contribution is 7.22. The molecule has 1 fully saturated rings. The van der Waals surface area contributed by atoms with E-state index in [-0.39, 0.29) is 16.7 Å². The van der Waals surface area contributed by atoms with E-state index < -0.39 is 17.7 Å². The minimum Gasteiger partial charge on any atom is -0.507 e. The number of amides is 1. The molecule has 6 heteroatoms. The maximum absolute atomic E-state index is 13.5. The average molecular weight is 497 g/mol. The Hall–Kier alpha value is -3.77. The third-order valence-corrected chi connectivity index (χ3v) is 7.61. The number of carbonyl (C=O) groups is 2. The van der Waals surface area contributed by atoms with Gasteiger partial charge in [0.2, 0.25) is 0 Å². The van der Waals surface area contributed by atoms with Crippen LogP contribution < -0.4 is 4.90 Å². The normalized spacial score (nSPS) is 17.8. The standard InChI is InChI=1S/C30H28N2O3S/c1-17-15-18(2)24-22(16-17)36-29(31-24)32-25(19-11-13-21(14-12-19)30(3,4)5)23(27(34)28(32)35)26(33)20-9-7-6-8-10-20/h6-16,25,33H,1-5H3/t25-/m0/s1. The van der Waals surface area contributed by atoms with Crippen LogP contribution in [0.2, 0.25) is 0 Å². The van der Waals surface area contributed by atoms with E-state index in [1.807, 2.05) is 50.2 Å². The molecule has 0 bridgehead atoms. The van der Waals surface area contributed by atoms with Crippen molar-refractivity contribution in [2.24, 2.45) is 0 Å². The molecule has 0 aliphatic carbocycles. The van der Waals surface area contributed by atoms with E-state index in [0.29, 0.717) is 10.7 Å². The number of fused-ring (bicyclic) bond motifs is 1. The number of aliphatic hydroxyl groups excluding tert-OH is 1. The molecule has 0 radical (unpaired) electrons. The second-order valence-electron chi connectivity index (χ2n) is 10.3. The molecule has 3 aromatic carbocycles. The van der Waals surface area contributed by atoms with Crippen LogP contribution in [0.15, 0.2) is 72.3 Å². The van der Waals surface area contributed by atoms with Gasteiger partial charge in [0.05, 0.1) is 21.8 Å². The molecule has 2 heterocycles. The van der Waals surface area contributed by atoms with Crippen molar-refractivity contribution < 1.29 is 14.7 Å². The minimum absolute atomic E-state index is 0.0488. The van der Waals surface area contributed by atoms with Crippen LogP contribution in [-0.4, -0.2) is 21.8 Å². The number of rotatable bonds is 3.